The van der Waals surface area contributed by atoms with Gasteiger partial charge in [0.25, 0.3) is 0 Å². The van der Waals surface area contributed by atoms with E-state index in [9.17, 15) is 4.79 Å². The Balaban J connectivity index is 1.59. The fourth-order valence-corrected chi connectivity index (χ4v) is 3.56. The van der Waals surface area contributed by atoms with Crippen molar-refractivity contribution in [1.82, 2.24) is 19.6 Å². The number of benzene rings is 1. The van der Waals surface area contributed by atoms with Gasteiger partial charge in [0.2, 0.25) is 0 Å². The first-order valence-electron chi connectivity index (χ1n) is 9.69. The van der Waals surface area contributed by atoms with Crippen LogP contribution in [0.1, 0.15) is 37.6 Å². The molecule has 1 aromatic carbocycles. The predicted octanol–water partition coefficient (Wildman–Crippen LogP) is 3.95. The summed E-state index contributed by atoms with van der Waals surface area (Å²) in [5.74, 6) is 0. The molecule has 0 unspecified atom stereocenters. The minimum Gasteiger partial charge on any atom is -0.444 e. The van der Waals surface area contributed by atoms with E-state index in [-0.39, 0.29) is 6.09 Å². The molecule has 152 valence electrons. The van der Waals surface area contributed by atoms with E-state index in [1.165, 1.54) is 5.56 Å². The molecule has 1 aromatic heterocycles. The summed E-state index contributed by atoms with van der Waals surface area (Å²) in [5.41, 5.74) is 2.72. The zero-order valence-corrected chi connectivity index (χ0v) is 17.9. The van der Waals surface area contributed by atoms with Crippen LogP contribution in [-0.4, -0.2) is 57.5 Å². The van der Waals surface area contributed by atoms with E-state index in [4.69, 9.17) is 16.3 Å². The van der Waals surface area contributed by atoms with E-state index < -0.39 is 5.60 Å². The van der Waals surface area contributed by atoms with Crippen molar-refractivity contribution in [2.75, 3.05) is 26.2 Å². The molecule has 1 fully saturated rings. The van der Waals surface area contributed by atoms with Gasteiger partial charge in [0.05, 0.1) is 12.2 Å². The molecule has 0 saturated carbocycles. The van der Waals surface area contributed by atoms with Crippen LogP contribution in [0.15, 0.2) is 30.3 Å². The molecule has 0 atom stereocenters. The Morgan fingerprint density at radius 1 is 1.11 bits per heavy atom. The predicted molar refractivity (Wildman–Crippen MR) is 111 cm³/mol. The Morgan fingerprint density at radius 3 is 2.36 bits per heavy atom. The van der Waals surface area contributed by atoms with Crippen molar-refractivity contribution in [2.45, 2.75) is 46.4 Å². The Kier molecular flexibility index (Phi) is 6.30. The highest BCUT2D eigenvalue weighted by molar-refractivity contribution is 6.30. The number of hydrogen-bond donors (Lipinski definition) is 0. The molecular formula is C21H29ClN4O2. The second-order valence-corrected chi connectivity index (χ2v) is 8.60. The molecular weight excluding hydrogens is 376 g/mol. The SMILES string of the molecule is Cc1nn(Cc2ccccc2)c(Cl)c1CN1CCN(C(=O)OC(C)(C)C)CC1. The van der Waals surface area contributed by atoms with E-state index in [0.717, 1.165) is 30.9 Å². The molecule has 6 nitrogen and oxygen atoms in total. The van der Waals surface area contributed by atoms with Crippen LogP contribution >= 0.6 is 11.6 Å². The van der Waals surface area contributed by atoms with E-state index >= 15 is 0 Å². The van der Waals surface area contributed by atoms with Crippen LogP contribution in [0.4, 0.5) is 4.79 Å². The van der Waals surface area contributed by atoms with Crippen LogP contribution in [-0.2, 0) is 17.8 Å². The normalized spacial score (nSPS) is 15.7. The lowest BCUT2D eigenvalue weighted by Gasteiger charge is -2.35. The van der Waals surface area contributed by atoms with E-state index in [1.807, 2.05) is 50.6 Å². The lowest BCUT2D eigenvalue weighted by Crippen LogP contribution is -2.49. The van der Waals surface area contributed by atoms with Crippen LogP contribution in [0.3, 0.4) is 0 Å². The number of carbonyl (C=O) groups is 1. The van der Waals surface area contributed by atoms with E-state index in [2.05, 4.69) is 22.1 Å². The Hall–Kier alpha value is -2.05. The number of nitrogens with zero attached hydrogens (tertiary/aromatic N) is 4. The topological polar surface area (TPSA) is 50.6 Å². The molecule has 2 heterocycles. The van der Waals surface area contributed by atoms with Crippen LogP contribution in [0.2, 0.25) is 5.15 Å². The average molecular weight is 405 g/mol. The third kappa shape index (κ3) is 5.26. The first-order chi connectivity index (χ1) is 13.2. The van der Waals surface area contributed by atoms with E-state index in [1.54, 1.807) is 4.90 Å². The van der Waals surface area contributed by atoms with Gasteiger partial charge in [-0.3, -0.25) is 4.90 Å². The van der Waals surface area contributed by atoms with Gasteiger partial charge < -0.3 is 9.64 Å². The second-order valence-electron chi connectivity index (χ2n) is 8.24. The third-order valence-electron chi connectivity index (χ3n) is 4.76. The summed E-state index contributed by atoms with van der Waals surface area (Å²) in [4.78, 5) is 16.3. The van der Waals surface area contributed by atoms with Crippen LogP contribution in [0, 0.1) is 6.92 Å². The maximum Gasteiger partial charge on any atom is 0.410 e. The van der Waals surface area contributed by atoms with Crippen molar-refractivity contribution >= 4 is 17.7 Å². The number of piperazine rings is 1. The largest absolute Gasteiger partial charge is 0.444 e. The number of amides is 1. The number of aromatic nitrogens is 2. The van der Waals surface area contributed by atoms with Gasteiger partial charge in [-0.15, -0.1) is 0 Å². The van der Waals surface area contributed by atoms with Crippen molar-refractivity contribution in [3.8, 4) is 0 Å². The first kappa shape index (κ1) is 20.7. The minimum absolute atomic E-state index is 0.239. The van der Waals surface area contributed by atoms with Gasteiger partial charge in [-0.05, 0) is 33.3 Å². The molecule has 7 heteroatoms. The zero-order chi connectivity index (χ0) is 20.3. The molecule has 1 aliphatic rings. The molecule has 28 heavy (non-hydrogen) atoms. The van der Waals surface area contributed by atoms with Crippen LogP contribution in [0.25, 0.3) is 0 Å². The summed E-state index contributed by atoms with van der Waals surface area (Å²) < 4.78 is 7.32. The zero-order valence-electron chi connectivity index (χ0n) is 17.1. The molecule has 0 radical (unpaired) electrons. The number of hydrogen-bond acceptors (Lipinski definition) is 4. The smallest absolute Gasteiger partial charge is 0.410 e. The molecule has 0 aliphatic carbocycles. The monoisotopic (exact) mass is 404 g/mol. The first-order valence-corrected chi connectivity index (χ1v) is 10.1. The number of carbonyl (C=O) groups excluding carboxylic acids is 1. The highest BCUT2D eigenvalue weighted by Gasteiger charge is 2.27. The Labute approximate surface area is 172 Å². The summed E-state index contributed by atoms with van der Waals surface area (Å²) in [7, 11) is 0. The molecule has 2 aromatic rings. The quantitative estimate of drug-likeness (QED) is 0.774. The number of halogens is 1. The van der Waals surface area contributed by atoms with Crippen molar-refractivity contribution in [3.05, 3.63) is 52.3 Å². The van der Waals surface area contributed by atoms with Gasteiger partial charge in [-0.2, -0.15) is 5.10 Å². The van der Waals surface area contributed by atoms with Crippen molar-refractivity contribution < 1.29 is 9.53 Å². The lowest BCUT2D eigenvalue weighted by molar-refractivity contribution is 0.0139. The summed E-state index contributed by atoms with van der Waals surface area (Å²) in [5, 5.41) is 5.32. The Morgan fingerprint density at radius 2 is 1.75 bits per heavy atom. The molecule has 1 aliphatic heterocycles. The third-order valence-corrected chi connectivity index (χ3v) is 5.19. The molecule has 1 amide bonds. The maximum absolute atomic E-state index is 12.2. The standard InChI is InChI=1S/C21H29ClN4O2/c1-16-18(19(22)26(23-16)14-17-8-6-5-7-9-17)15-24-10-12-25(13-11-24)20(27)28-21(2,3)4/h5-9H,10-15H2,1-4H3. The lowest BCUT2D eigenvalue weighted by atomic mass is 10.2. The maximum atomic E-state index is 12.2. The molecule has 1 saturated heterocycles. The van der Waals surface area contributed by atoms with Crippen LogP contribution in [0.5, 0.6) is 0 Å². The Bertz CT molecular complexity index is 806. The molecule has 3 rings (SSSR count). The van der Waals surface area contributed by atoms with Gasteiger partial charge in [-0.25, -0.2) is 9.48 Å². The van der Waals surface area contributed by atoms with Crippen LogP contribution < -0.4 is 0 Å². The van der Waals surface area contributed by atoms with Gasteiger partial charge in [0.1, 0.15) is 10.8 Å². The summed E-state index contributed by atoms with van der Waals surface area (Å²) in [6.45, 7) is 12.0. The number of rotatable bonds is 4. The molecule has 0 spiro atoms. The highest BCUT2D eigenvalue weighted by atomic mass is 35.5. The fraction of sp³-hybridized carbons (Fsp3) is 0.524. The van der Waals surface area contributed by atoms with Gasteiger partial charge in [-0.1, -0.05) is 41.9 Å². The van der Waals surface area contributed by atoms with E-state index in [0.29, 0.717) is 24.8 Å². The average Bonchev–Trinajstić information content (AvgIpc) is 2.89. The van der Waals surface area contributed by atoms with Gasteiger partial charge >= 0.3 is 6.09 Å². The molecule has 0 N–H and O–H groups in total. The van der Waals surface area contributed by atoms with Crippen molar-refractivity contribution in [3.63, 3.8) is 0 Å². The highest BCUT2D eigenvalue weighted by Crippen LogP contribution is 2.23. The summed E-state index contributed by atoms with van der Waals surface area (Å²) in [6.07, 6.45) is -0.239. The van der Waals surface area contributed by atoms with Gasteiger partial charge in [0.15, 0.2) is 0 Å². The van der Waals surface area contributed by atoms with Crippen molar-refractivity contribution in [2.24, 2.45) is 0 Å². The summed E-state index contributed by atoms with van der Waals surface area (Å²) in [6, 6.07) is 10.2. The minimum atomic E-state index is -0.466. The number of ether oxygens (including phenoxy) is 1. The molecule has 0 bridgehead atoms. The van der Waals surface area contributed by atoms with Gasteiger partial charge in [0, 0.05) is 38.3 Å². The summed E-state index contributed by atoms with van der Waals surface area (Å²) >= 11 is 6.64. The fourth-order valence-electron chi connectivity index (χ4n) is 3.27. The number of aryl methyl sites for hydroxylation is 1. The van der Waals surface area contributed by atoms with Crippen molar-refractivity contribution in [1.29, 1.82) is 0 Å². The second kappa shape index (κ2) is 8.53.